The zero-order chi connectivity index (χ0) is 19.3. The fourth-order valence-electron chi connectivity index (χ4n) is 2.67. The molecule has 0 bridgehead atoms. The van der Waals surface area contributed by atoms with E-state index >= 15 is 0 Å². The van der Waals surface area contributed by atoms with Gasteiger partial charge in [-0.25, -0.2) is 9.78 Å². The van der Waals surface area contributed by atoms with E-state index in [0.717, 1.165) is 28.4 Å². The van der Waals surface area contributed by atoms with Crippen LogP contribution in [0.25, 0.3) is 0 Å². The summed E-state index contributed by atoms with van der Waals surface area (Å²) in [5.41, 5.74) is 2.88. The molecule has 26 heavy (non-hydrogen) atoms. The van der Waals surface area contributed by atoms with E-state index in [2.05, 4.69) is 20.9 Å². The third kappa shape index (κ3) is 5.11. The molecule has 3 N–H and O–H groups in total. The Hall–Kier alpha value is -2.77. The molecule has 0 aliphatic carbocycles. The number of nitrogens with one attached hydrogen (secondary N) is 3. The highest BCUT2D eigenvalue weighted by atomic mass is 19.4. The highest BCUT2D eigenvalue weighted by molar-refractivity contribution is 5.91. The number of rotatable bonds is 5. The van der Waals surface area contributed by atoms with Gasteiger partial charge in [-0.15, -0.1) is 0 Å². The largest absolute Gasteiger partial charge is 0.419 e. The van der Waals surface area contributed by atoms with Crippen molar-refractivity contribution in [3.8, 4) is 0 Å². The van der Waals surface area contributed by atoms with Gasteiger partial charge in [0.05, 0.1) is 5.56 Å². The van der Waals surface area contributed by atoms with Crippen LogP contribution in [-0.4, -0.2) is 24.1 Å². The number of benzene rings is 1. The van der Waals surface area contributed by atoms with Gasteiger partial charge in [0.1, 0.15) is 5.82 Å². The first kappa shape index (κ1) is 19.6. The molecular weight excluding hydrogens is 345 g/mol. The molecule has 140 valence electrons. The second-order valence-corrected chi connectivity index (χ2v) is 5.98. The minimum atomic E-state index is -4.48. The molecule has 0 unspecified atom stereocenters. The van der Waals surface area contributed by atoms with Crippen LogP contribution < -0.4 is 16.0 Å². The van der Waals surface area contributed by atoms with Crippen molar-refractivity contribution in [1.82, 2.24) is 10.3 Å². The number of urea groups is 1. The summed E-state index contributed by atoms with van der Waals surface area (Å²) in [6, 6.07) is 5.69. The number of carbonyl (C=O) groups is 1. The maximum atomic E-state index is 12.9. The zero-order valence-corrected chi connectivity index (χ0v) is 14.8. The molecule has 0 spiro atoms. The number of alkyl halides is 3. The number of anilines is 2. The summed E-state index contributed by atoms with van der Waals surface area (Å²) in [7, 11) is 0. The lowest BCUT2D eigenvalue weighted by Crippen LogP contribution is -2.33. The molecule has 2 rings (SSSR count). The Balaban J connectivity index is 1.87. The van der Waals surface area contributed by atoms with Gasteiger partial charge in [-0.1, -0.05) is 17.7 Å². The summed E-state index contributed by atoms with van der Waals surface area (Å²) in [5.74, 6) is -0.257. The van der Waals surface area contributed by atoms with E-state index in [1.165, 1.54) is 12.3 Å². The first-order chi connectivity index (χ1) is 12.2. The van der Waals surface area contributed by atoms with Gasteiger partial charge in [0.25, 0.3) is 0 Å². The molecule has 2 amide bonds. The fourth-order valence-corrected chi connectivity index (χ4v) is 2.67. The minimum Gasteiger partial charge on any atom is -0.368 e. The number of amides is 2. The molecule has 0 atom stereocenters. The van der Waals surface area contributed by atoms with E-state index < -0.39 is 17.8 Å². The van der Waals surface area contributed by atoms with E-state index in [4.69, 9.17) is 0 Å². The minimum absolute atomic E-state index is 0.110. The van der Waals surface area contributed by atoms with Crippen LogP contribution in [0.1, 0.15) is 22.3 Å². The summed E-state index contributed by atoms with van der Waals surface area (Å²) in [6.45, 7) is 6.03. The lowest BCUT2D eigenvalue weighted by Gasteiger charge is -2.15. The van der Waals surface area contributed by atoms with E-state index in [1.807, 2.05) is 32.9 Å². The Morgan fingerprint density at radius 1 is 1.12 bits per heavy atom. The maximum absolute atomic E-state index is 12.9. The van der Waals surface area contributed by atoms with E-state index in [9.17, 15) is 18.0 Å². The third-order valence-corrected chi connectivity index (χ3v) is 3.73. The molecule has 0 fully saturated rings. The van der Waals surface area contributed by atoms with Crippen LogP contribution in [0.5, 0.6) is 0 Å². The summed E-state index contributed by atoms with van der Waals surface area (Å²) in [5, 5.41) is 7.97. The number of hydrogen-bond acceptors (Lipinski definition) is 3. The molecule has 5 nitrogen and oxygen atoms in total. The van der Waals surface area contributed by atoms with Crippen LogP contribution in [-0.2, 0) is 6.18 Å². The Morgan fingerprint density at radius 2 is 1.77 bits per heavy atom. The fraction of sp³-hybridized carbons (Fsp3) is 0.333. The zero-order valence-electron chi connectivity index (χ0n) is 14.8. The Morgan fingerprint density at radius 3 is 2.38 bits per heavy atom. The van der Waals surface area contributed by atoms with Crippen molar-refractivity contribution >= 4 is 17.5 Å². The number of nitrogens with zero attached hydrogens (tertiary/aromatic N) is 1. The summed E-state index contributed by atoms with van der Waals surface area (Å²) >= 11 is 0. The quantitative estimate of drug-likeness (QED) is 0.693. The van der Waals surface area contributed by atoms with Gasteiger partial charge in [0.2, 0.25) is 0 Å². The number of carbonyl (C=O) groups excluding carboxylic acids is 1. The molecule has 8 heteroatoms. The predicted octanol–water partition coefficient (Wildman–Crippen LogP) is 4.26. The lowest BCUT2D eigenvalue weighted by molar-refractivity contribution is -0.137. The van der Waals surface area contributed by atoms with Crippen LogP contribution in [0.15, 0.2) is 30.5 Å². The van der Waals surface area contributed by atoms with E-state index in [1.54, 1.807) is 0 Å². The van der Waals surface area contributed by atoms with E-state index in [0.29, 0.717) is 0 Å². The smallest absolute Gasteiger partial charge is 0.368 e. The van der Waals surface area contributed by atoms with Gasteiger partial charge in [0.15, 0.2) is 0 Å². The second kappa shape index (κ2) is 8.07. The van der Waals surface area contributed by atoms with Crippen LogP contribution in [0, 0.1) is 20.8 Å². The number of aryl methyl sites for hydroxylation is 3. The van der Waals surface area contributed by atoms with E-state index in [-0.39, 0.29) is 18.9 Å². The molecule has 0 saturated carbocycles. The Labute approximate surface area is 150 Å². The highest BCUT2D eigenvalue weighted by Crippen LogP contribution is 2.33. The van der Waals surface area contributed by atoms with Crippen LogP contribution in [0.4, 0.5) is 29.5 Å². The normalized spacial score (nSPS) is 11.2. The van der Waals surface area contributed by atoms with Crippen molar-refractivity contribution in [1.29, 1.82) is 0 Å². The van der Waals surface area contributed by atoms with Gasteiger partial charge >= 0.3 is 12.2 Å². The number of hydrogen-bond donors (Lipinski definition) is 3. The maximum Gasteiger partial charge on any atom is 0.419 e. The average molecular weight is 366 g/mol. The van der Waals surface area contributed by atoms with Crippen LogP contribution in [0.2, 0.25) is 0 Å². The van der Waals surface area contributed by atoms with Gasteiger partial charge in [-0.3, -0.25) is 0 Å². The van der Waals surface area contributed by atoms with Crippen molar-refractivity contribution in [2.75, 3.05) is 23.7 Å². The van der Waals surface area contributed by atoms with Gasteiger partial charge in [-0.2, -0.15) is 13.2 Å². The molecule has 1 aromatic carbocycles. The summed E-state index contributed by atoms with van der Waals surface area (Å²) in [6.07, 6.45) is -3.21. The third-order valence-electron chi connectivity index (χ3n) is 3.73. The SMILES string of the molecule is Cc1cc(C)c(NC(=O)NCCNc2ncccc2C(F)(F)F)c(C)c1. The lowest BCUT2D eigenvalue weighted by atomic mass is 10.1. The Kier molecular flexibility index (Phi) is 6.07. The van der Waals surface area contributed by atoms with Crippen molar-refractivity contribution in [3.05, 3.63) is 52.7 Å². The molecule has 0 saturated heterocycles. The average Bonchev–Trinajstić information content (AvgIpc) is 2.54. The molecule has 1 heterocycles. The number of aromatic nitrogens is 1. The van der Waals surface area contributed by atoms with Crippen molar-refractivity contribution in [2.24, 2.45) is 0 Å². The topological polar surface area (TPSA) is 66.1 Å². The standard InChI is InChI=1S/C18H21F3N4O/c1-11-9-12(2)15(13(3)10-11)25-17(26)24-8-7-23-16-14(18(19,20)21)5-4-6-22-16/h4-6,9-10H,7-8H2,1-3H3,(H,22,23)(H2,24,25,26). The first-order valence-electron chi connectivity index (χ1n) is 8.07. The highest BCUT2D eigenvalue weighted by Gasteiger charge is 2.33. The second-order valence-electron chi connectivity index (χ2n) is 5.98. The number of pyridine rings is 1. The molecular formula is C18H21F3N4O. The molecule has 1 aromatic heterocycles. The summed E-state index contributed by atoms with van der Waals surface area (Å²) < 4.78 is 38.6. The van der Waals surface area contributed by atoms with Crippen molar-refractivity contribution < 1.29 is 18.0 Å². The predicted molar refractivity (Wildman–Crippen MR) is 95.4 cm³/mol. The molecule has 0 aliphatic heterocycles. The van der Waals surface area contributed by atoms with Crippen molar-refractivity contribution in [2.45, 2.75) is 26.9 Å². The number of halogens is 3. The Bertz CT molecular complexity index is 767. The van der Waals surface area contributed by atoms with Crippen LogP contribution >= 0.6 is 0 Å². The van der Waals surface area contributed by atoms with Crippen LogP contribution in [0.3, 0.4) is 0 Å². The van der Waals surface area contributed by atoms with Gasteiger partial charge < -0.3 is 16.0 Å². The molecule has 0 aliphatic rings. The molecule has 0 radical (unpaired) electrons. The molecule has 2 aromatic rings. The van der Waals surface area contributed by atoms with Crippen molar-refractivity contribution in [3.63, 3.8) is 0 Å². The first-order valence-corrected chi connectivity index (χ1v) is 8.07. The van der Waals surface area contributed by atoms with Gasteiger partial charge in [0, 0.05) is 25.0 Å². The van der Waals surface area contributed by atoms with Gasteiger partial charge in [-0.05, 0) is 44.0 Å². The monoisotopic (exact) mass is 366 g/mol. The summed E-state index contributed by atoms with van der Waals surface area (Å²) in [4.78, 5) is 15.7.